The molecule has 0 amide bonds. The van der Waals surface area contributed by atoms with Gasteiger partial charge in [-0.1, -0.05) is 428 Å². The Labute approximate surface area is 756 Å². The highest BCUT2D eigenvalue weighted by atomic mass is 14.8. The molecule has 0 fully saturated rings. The lowest BCUT2D eigenvalue weighted by Crippen LogP contribution is -2.14. The first kappa shape index (κ1) is 76.2. The number of fused-ring (bicyclic) bond motifs is 18. The van der Waals surface area contributed by atoms with E-state index in [0.717, 1.165) is 33.5 Å². The van der Waals surface area contributed by atoms with E-state index in [1.54, 1.807) is 0 Å². The van der Waals surface area contributed by atoms with Crippen LogP contribution in [0.3, 0.4) is 0 Å². The molecule has 0 aliphatic heterocycles. The maximum Gasteiger partial charge on any atom is 0.0973 e. The molecule has 2 aliphatic rings. The number of rotatable bonds is 10. The molecule has 608 valence electrons. The van der Waals surface area contributed by atoms with E-state index in [4.69, 9.17) is 9.97 Å². The van der Waals surface area contributed by atoms with Gasteiger partial charge >= 0.3 is 0 Å². The largest absolute Gasteiger partial charge is 0.244 e. The van der Waals surface area contributed by atoms with Crippen molar-refractivity contribution in [1.29, 1.82) is 0 Å². The molecule has 1 heterocycles. The van der Waals surface area contributed by atoms with Crippen molar-refractivity contribution >= 4 is 108 Å². The maximum atomic E-state index is 5.21. The van der Waals surface area contributed by atoms with Crippen molar-refractivity contribution in [2.75, 3.05) is 0 Å². The quantitative estimate of drug-likeness (QED) is 0.101. The van der Waals surface area contributed by atoms with Crippen molar-refractivity contribution in [2.24, 2.45) is 0 Å². The highest BCUT2D eigenvalue weighted by Crippen LogP contribution is 2.55. The van der Waals surface area contributed by atoms with E-state index in [1.165, 1.54) is 230 Å². The van der Waals surface area contributed by atoms with Gasteiger partial charge in [0.05, 0.1) is 22.4 Å². The van der Waals surface area contributed by atoms with Gasteiger partial charge in [-0.25, -0.2) is 9.97 Å². The minimum absolute atomic E-state index is 0.0317. The Balaban J connectivity index is 0.000000152. The Bertz CT molecular complexity index is 8190. The van der Waals surface area contributed by atoms with Crippen LogP contribution in [0.25, 0.3) is 242 Å². The summed E-state index contributed by atoms with van der Waals surface area (Å²) < 4.78 is 0. The lowest BCUT2D eigenvalue weighted by atomic mass is 9.81. The van der Waals surface area contributed by atoms with Gasteiger partial charge < -0.3 is 0 Å². The molecule has 0 radical (unpaired) electrons. The van der Waals surface area contributed by atoms with Gasteiger partial charge in [-0.05, 0) is 279 Å². The minimum atomic E-state index is -0.0317. The number of nitrogens with zero attached hydrogens (tertiary/aromatic N) is 2. The first-order valence-corrected chi connectivity index (χ1v) is 45.4. The van der Waals surface area contributed by atoms with Crippen LogP contribution >= 0.6 is 0 Å². The van der Waals surface area contributed by atoms with Crippen molar-refractivity contribution in [1.82, 2.24) is 9.97 Å². The normalized spacial score (nSPS) is 12.9. The summed E-state index contributed by atoms with van der Waals surface area (Å²) in [7, 11) is 0. The summed E-state index contributed by atoms with van der Waals surface area (Å²) in [5.41, 5.74) is 36.2. The number of benzene rings is 23. The van der Waals surface area contributed by atoms with Crippen LogP contribution < -0.4 is 0 Å². The average molecular weight is 1650 g/mol. The van der Waals surface area contributed by atoms with E-state index < -0.39 is 0 Å². The molecule has 0 N–H and O–H groups in total. The molecule has 2 nitrogen and oxygen atoms in total. The van der Waals surface area contributed by atoms with Crippen LogP contribution in [0.15, 0.2) is 449 Å². The van der Waals surface area contributed by atoms with Gasteiger partial charge in [0.2, 0.25) is 0 Å². The summed E-state index contributed by atoms with van der Waals surface area (Å²) in [6.45, 7) is 9.34. The van der Waals surface area contributed by atoms with Gasteiger partial charge in [0.25, 0.3) is 0 Å². The third-order valence-corrected chi connectivity index (χ3v) is 28.5. The van der Waals surface area contributed by atoms with Gasteiger partial charge in [-0.3, -0.25) is 0 Å². The van der Waals surface area contributed by atoms with Crippen molar-refractivity contribution in [2.45, 2.75) is 38.5 Å². The van der Waals surface area contributed by atoms with E-state index in [9.17, 15) is 0 Å². The van der Waals surface area contributed by atoms with Crippen molar-refractivity contribution in [3.8, 4) is 134 Å². The zero-order valence-corrected chi connectivity index (χ0v) is 72.6. The fraction of sp³-hybridized carbons (Fsp3) is 0.0469. The molecule has 130 heavy (non-hydrogen) atoms. The molecule has 0 saturated carbocycles. The summed E-state index contributed by atoms with van der Waals surface area (Å²) in [6.07, 6.45) is 0. The van der Waals surface area contributed by atoms with E-state index in [-0.39, 0.29) is 10.8 Å². The van der Waals surface area contributed by atoms with Crippen molar-refractivity contribution in [3.63, 3.8) is 0 Å². The molecule has 0 atom stereocenters. The molecule has 1 aromatic heterocycles. The van der Waals surface area contributed by atoms with Crippen molar-refractivity contribution < 1.29 is 0 Å². The fourth-order valence-corrected chi connectivity index (χ4v) is 22.1. The molecular formula is C128H86N2. The first-order valence-electron chi connectivity index (χ1n) is 45.4. The molecule has 26 rings (SSSR count). The third-order valence-electron chi connectivity index (χ3n) is 28.5. The second-order valence-corrected chi connectivity index (χ2v) is 36.4. The molecule has 2 heteroatoms. The molecule has 2 aliphatic carbocycles. The summed E-state index contributed by atoms with van der Waals surface area (Å²) in [6, 6.07) is 166. The topological polar surface area (TPSA) is 25.8 Å². The summed E-state index contributed by atoms with van der Waals surface area (Å²) in [5.74, 6) is 0. The van der Waals surface area contributed by atoms with Gasteiger partial charge in [-0.2, -0.15) is 0 Å². The predicted octanol–water partition coefficient (Wildman–Crippen LogP) is 35.0. The molecule has 0 unspecified atom stereocenters. The van der Waals surface area contributed by atoms with Crippen LogP contribution in [0.5, 0.6) is 0 Å². The highest BCUT2D eigenvalue weighted by Gasteiger charge is 2.37. The third kappa shape index (κ3) is 12.3. The van der Waals surface area contributed by atoms with Gasteiger partial charge in [0, 0.05) is 22.0 Å². The second-order valence-electron chi connectivity index (χ2n) is 36.4. The lowest BCUT2D eigenvalue weighted by Gasteiger charge is -2.22. The maximum absolute atomic E-state index is 5.21. The van der Waals surface area contributed by atoms with Gasteiger partial charge in [-0.15, -0.1) is 0 Å². The van der Waals surface area contributed by atoms with Gasteiger partial charge in [0.15, 0.2) is 0 Å². The molecule has 24 aromatic rings. The van der Waals surface area contributed by atoms with Gasteiger partial charge in [0.1, 0.15) is 0 Å². The Morgan fingerprint density at radius 1 is 0.146 bits per heavy atom. The van der Waals surface area contributed by atoms with Crippen LogP contribution in [0.2, 0.25) is 0 Å². The monoisotopic (exact) mass is 1650 g/mol. The van der Waals surface area contributed by atoms with E-state index in [0.29, 0.717) is 0 Å². The van der Waals surface area contributed by atoms with Crippen molar-refractivity contribution in [3.05, 3.63) is 471 Å². The number of para-hydroxylation sites is 2. The minimum Gasteiger partial charge on any atom is -0.244 e. The first-order chi connectivity index (χ1) is 64.0. The summed E-state index contributed by atoms with van der Waals surface area (Å²) >= 11 is 0. The molecule has 0 saturated heterocycles. The fourth-order valence-electron chi connectivity index (χ4n) is 22.1. The Hall–Kier alpha value is -16.3. The standard InChI is InChI=1S/C78H48.C50H38N2/c1-2-20-54-46-72(50-39-43-52(44-40-50)76-65-31-13-17-35-69(65)78(70-36-18-14-32-66(70)76)74-48-56-22-4-6-24-58(56)60-26-8-10-28-62(60)74)71(45-53(54)19-1)49-37-41-51(42-38-49)75-63-29-11-15-33-67(63)77(68-34-16-12-30-64(68)75)73-47-55-21-3-5-23-57(55)59-25-7-9-27-61(59)73;1-49(2)41-13-7-5-11-37(41)39-27-25-35(29-43(39)49)31-17-21-33(22-18-31)47-48(52-46-16-10-9-15-45(46)51-47)34-23-19-32(20-24-34)36-26-28-40-38-12-6-8-14-42(38)50(3,4)44(40)30-36/h1-48H;5-30H,1-4H3. The zero-order valence-electron chi connectivity index (χ0n) is 72.6. The second kappa shape index (κ2) is 30.2. The zero-order chi connectivity index (χ0) is 86.5. The van der Waals surface area contributed by atoms with Crippen LogP contribution in [-0.4, -0.2) is 9.97 Å². The smallest absolute Gasteiger partial charge is 0.0973 e. The Morgan fingerprint density at radius 2 is 0.392 bits per heavy atom. The SMILES string of the molecule is CC1(C)c2ccccc2-c2ccc(-c3ccc(-c4nc5ccccc5nc4-c4ccc(-c5ccc6c(c5)C(C)(C)c5ccccc5-6)cc4)cc3)cc21.c1ccc2cc(-c3ccc(-c4c5ccccc5c(-c5cc6ccccc6c6ccccc56)c5ccccc45)cc3)c(-c3ccc(-c4c5ccccc5c(-c5cc6ccccc6c6ccccc56)c5ccccc45)cc3)cc2c1. The Kier molecular flexibility index (Phi) is 17.7. The molecular weight excluding hydrogens is 1570 g/mol. The average Bonchev–Trinajstić information content (AvgIpc) is 1.70. The number of hydrogen-bond donors (Lipinski definition) is 0. The van der Waals surface area contributed by atoms with E-state index >= 15 is 0 Å². The molecule has 0 bridgehead atoms. The predicted molar refractivity (Wildman–Crippen MR) is 553 cm³/mol. The summed E-state index contributed by atoms with van der Waals surface area (Å²) in [4.78, 5) is 10.4. The summed E-state index contributed by atoms with van der Waals surface area (Å²) in [5, 5.41) is 22.6. The van der Waals surface area contributed by atoms with Crippen LogP contribution in [0.1, 0.15) is 49.9 Å². The Morgan fingerprint density at radius 3 is 0.754 bits per heavy atom. The van der Waals surface area contributed by atoms with E-state index in [2.05, 4.69) is 452 Å². The van der Waals surface area contributed by atoms with Crippen LogP contribution in [0.4, 0.5) is 0 Å². The van der Waals surface area contributed by atoms with Crippen LogP contribution in [-0.2, 0) is 10.8 Å². The molecule has 0 spiro atoms. The van der Waals surface area contributed by atoms with Crippen LogP contribution in [0, 0.1) is 0 Å². The number of hydrogen-bond acceptors (Lipinski definition) is 2. The number of aromatic nitrogens is 2. The molecule has 23 aromatic carbocycles. The van der Waals surface area contributed by atoms with E-state index in [1.807, 2.05) is 24.3 Å². The lowest BCUT2D eigenvalue weighted by molar-refractivity contribution is 0.660. The highest BCUT2D eigenvalue weighted by molar-refractivity contribution is 6.28.